The van der Waals surface area contributed by atoms with E-state index in [1.54, 1.807) is 0 Å². The van der Waals surface area contributed by atoms with Crippen LogP contribution < -0.4 is 0 Å². The van der Waals surface area contributed by atoms with Crippen LogP contribution in [0, 0.1) is 11.8 Å². The standard InChI is InChI=1S/C12H20O/c1-4-10-5-7-11(8-6-10)12(13)9(2)3/h10-11H,2,4-8H2,1,3H3. The second-order valence-corrected chi connectivity index (χ2v) is 4.27. The van der Waals surface area contributed by atoms with Gasteiger partial charge in [0, 0.05) is 5.92 Å². The Morgan fingerprint density at radius 1 is 1.31 bits per heavy atom. The molecule has 1 fully saturated rings. The molecule has 0 unspecified atom stereocenters. The van der Waals surface area contributed by atoms with E-state index in [0.717, 1.165) is 24.3 Å². The van der Waals surface area contributed by atoms with Crippen LogP contribution in [0.3, 0.4) is 0 Å². The first kappa shape index (κ1) is 10.5. The van der Waals surface area contributed by atoms with Crippen molar-refractivity contribution < 1.29 is 4.79 Å². The SMILES string of the molecule is C=C(C)C(=O)C1CCC(CC)CC1. The minimum absolute atomic E-state index is 0.292. The Kier molecular flexibility index (Phi) is 3.71. The molecule has 1 nitrogen and oxygen atoms in total. The Hall–Kier alpha value is -0.590. The van der Waals surface area contributed by atoms with Gasteiger partial charge in [-0.25, -0.2) is 0 Å². The molecule has 0 N–H and O–H groups in total. The monoisotopic (exact) mass is 180 g/mol. The van der Waals surface area contributed by atoms with E-state index >= 15 is 0 Å². The average molecular weight is 180 g/mol. The number of ketones is 1. The fourth-order valence-corrected chi connectivity index (χ4v) is 2.18. The van der Waals surface area contributed by atoms with Crippen LogP contribution in [-0.2, 0) is 4.79 Å². The highest BCUT2D eigenvalue weighted by molar-refractivity contribution is 5.96. The molecule has 0 bridgehead atoms. The summed E-state index contributed by atoms with van der Waals surface area (Å²) in [4.78, 5) is 11.6. The van der Waals surface area contributed by atoms with E-state index in [1.165, 1.54) is 19.3 Å². The van der Waals surface area contributed by atoms with Crippen molar-refractivity contribution in [2.75, 3.05) is 0 Å². The van der Waals surface area contributed by atoms with Gasteiger partial charge in [0.2, 0.25) is 0 Å². The third-order valence-electron chi connectivity index (χ3n) is 3.22. The second-order valence-electron chi connectivity index (χ2n) is 4.27. The van der Waals surface area contributed by atoms with Gasteiger partial charge >= 0.3 is 0 Å². The molecule has 0 aromatic rings. The van der Waals surface area contributed by atoms with E-state index in [0.29, 0.717) is 11.7 Å². The van der Waals surface area contributed by atoms with Crippen molar-refractivity contribution >= 4 is 5.78 Å². The van der Waals surface area contributed by atoms with Crippen molar-refractivity contribution in [3.8, 4) is 0 Å². The van der Waals surface area contributed by atoms with Gasteiger partial charge < -0.3 is 0 Å². The van der Waals surface area contributed by atoms with Crippen molar-refractivity contribution in [3.63, 3.8) is 0 Å². The lowest BCUT2D eigenvalue weighted by Crippen LogP contribution is -2.21. The molecule has 0 aromatic heterocycles. The van der Waals surface area contributed by atoms with Crippen LogP contribution in [0.15, 0.2) is 12.2 Å². The van der Waals surface area contributed by atoms with Crippen molar-refractivity contribution in [2.24, 2.45) is 11.8 Å². The molecule has 0 aliphatic heterocycles. The van der Waals surface area contributed by atoms with Gasteiger partial charge in [0.25, 0.3) is 0 Å². The van der Waals surface area contributed by atoms with Crippen LogP contribution >= 0.6 is 0 Å². The molecule has 0 saturated heterocycles. The summed E-state index contributed by atoms with van der Waals surface area (Å²) in [6.07, 6.45) is 5.92. The lowest BCUT2D eigenvalue weighted by molar-refractivity contribution is -0.120. The summed E-state index contributed by atoms with van der Waals surface area (Å²) in [6.45, 7) is 7.79. The minimum Gasteiger partial charge on any atom is -0.294 e. The maximum atomic E-state index is 11.6. The lowest BCUT2D eigenvalue weighted by Gasteiger charge is -2.26. The molecule has 13 heavy (non-hydrogen) atoms. The van der Waals surface area contributed by atoms with Crippen LogP contribution in [0.4, 0.5) is 0 Å². The van der Waals surface area contributed by atoms with Gasteiger partial charge in [-0.05, 0) is 44.1 Å². The number of hydrogen-bond acceptors (Lipinski definition) is 1. The highest BCUT2D eigenvalue weighted by Crippen LogP contribution is 2.31. The third kappa shape index (κ3) is 2.68. The fraction of sp³-hybridized carbons (Fsp3) is 0.750. The normalized spacial score (nSPS) is 28.5. The van der Waals surface area contributed by atoms with E-state index < -0.39 is 0 Å². The molecule has 0 atom stereocenters. The van der Waals surface area contributed by atoms with E-state index in [-0.39, 0.29) is 0 Å². The van der Waals surface area contributed by atoms with Gasteiger partial charge in [-0.3, -0.25) is 4.79 Å². The molecule has 1 aliphatic rings. The molecular formula is C12H20O. The molecule has 1 rings (SSSR count). The van der Waals surface area contributed by atoms with Gasteiger partial charge in [-0.15, -0.1) is 0 Å². The molecule has 0 spiro atoms. The van der Waals surface area contributed by atoms with Gasteiger partial charge in [0.15, 0.2) is 5.78 Å². The molecule has 1 saturated carbocycles. The maximum absolute atomic E-state index is 11.6. The summed E-state index contributed by atoms with van der Waals surface area (Å²) >= 11 is 0. The Balaban J connectivity index is 2.41. The molecular weight excluding hydrogens is 160 g/mol. The molecule has 0 radical (unpaired) electrons. The lowest BCUT2D eigenvalue weighted by atomic mass is 9.78. The van der Waals surface area contributed by atoms with Crippen LogP contribution in [0.25, 0.3) is 0 Å². The third-order valence-corrected chi connectivity index (χ3v) is 3.22. The molecule has 1 aliphatic carbocycles. The van der Waals surface area contributed by atoms with Crippen molar-refractivity contribution in [2.45, 2.75) is 46.0 Å². The number of carbonyl (C=O) groups excluding carboxylic acids is 1. The van der Waals surface area contributed by atoms with Crippen LogP contribution in [0.2, 0.25) is 0 Å². The van der Waals surface area contributed by atoms with Crippen molar-refractivity contribution in [1.29, 1.82) is 0 Å². The zero-order chi connectivity index (χ0) is 9.84. The van der Waals surface area contributed by atoms with Crippen LogP contribution in [0.1, 0.15) is 46.0 Å². The van der Waals surface area contributed by atoms with Gasteiger partial charge in [0.1, 0.15) is 0 Å². The predicted molar refractivity (Wildman–Crippen MR) is 55.6 cm³/mol. The summed E-state index contributed by atoms with van der Waals surface area (Å²) in [7, 11) is 0. The molecule has 0 heterocycles. The minimum atomic E-state index is 0.292. The number of hydrogen-bond donors (Lipinski definition) is 0. The Morgan fingerprint density at radius 3 is 2.23 bits per heavy atom. The van der Waals surface area contributed by atoms with Crippen LogP contribution in [-0.4, -0.2) is 5.78 Å². The number of carbonyl (C=O) groups is 1. The zero-order valence-corrected chi connectivity index (χ0v) is 8.81. The second kappa shape index (κ2) is 4.59. The first-order valence-electron chi connectivity index (χ1n) is 5.34. The highest BCUT2D eigenvalue weighted by atomic mass is 16.1. The first-order chi connectivity index (χ1) is 6.15. The number of Topliss-reactive ketones (excluding diaryl/α,β-unsaturated/α-hetero) is 1. The molecule has 74 valence electrons. The number of rotatable bonds is 3. The van der Waals surface area contributed by atoms with E-state index in [9.17, 15) is 4.79 Å². The maximum Gasteiger partial charge on any atom is 0.161 e. The summed E-state index contributed by atoms with van der Waals surface area (Å²) in [6, 6.07) is 0. The van der Waals surface area contributed by atoms with Crippen molar-refractivity contribution in [1.82, 2.24) is 0 Å². The highest BCUT2D eigenvalue weighted by Gasteiger charge is 2.25. The fourth-order valence-electron chi connectivity index (χ4n) is 2.18. The van der Waals surface area contributed by atoms with E-state index in [2.05, 4.69) is 13.5 Å². The van der Waals surface area contributed by atoms with Gasteiger partial charge in [0.05, 0.1) is 0 Å². The summed E-state index contributed by atoms with van der Waals surface area (Å²) in [5.74, 6) is 1.46. The quantitative estimate of drug-likeness (QED) is 0.609. The Bertz CT molecular complexity index is 197. The topological polar surface area (TPSA) is 17.1 Å². The Labute approximate surface area is 81.2 Å². The summed E-state index contributed by atoms with van der Waals surface area (Å²) in [5, 5.41) is 0. The average Bonchev–Trinajstić information content (AvgIpc) is 2.17. The van der Waals surface area contributed by atoms with Crippen LogP contribution in [0.5, 0.6) is 0 Å². The van der Waals surface area contributed by atoms with Gasteiger partial charge in [-0.2, -0.15) is 0 Å². The molecule has 0 aromatic carbocycles. The first-order valence-corrected chi connectivity index (χ1v) is 5.34. The summed E-state index contributed by atoms with van der Waals surface area (Å²) in [5.41, 5.74) is 0.736. The van der Waals surface area contributed by atoms with E-state index in [1.807, 2.05) is 6.92 Å². The van der Waals surface area contributed by atoms with Crippen molar-refractivity contribution in [3.05, 3.63) is 12.2 Å². The number of allylic oxidation sites excluding steroid dienone is 1. The Morgan fingerprint density at radius 2 is 1.85 bits per heavy atom. The smallest absolute Gasteiger partial charge is 0.161 e. The van der Waals surface area contributed by atoms with E-state index in [4.69, 9.17) is 0 Å². The predicted octanol–water partition coefficient (Wildman–Crippen LogP) is 3.35. The molecule has 0 amide bonds. The largest absolute Gasteiger partial charge is 0.294 e. The van der Waals surface area contributed by atoms with Gasteiger partial charge in [-0.1, -0.05) is 19.9 Å². The summed E-state index contributed by atoms with van der Waals surface area (Å²) < 4.78 is 0. The zero-order valence-electron chi connectivity index (χ0n) is 8.81. The molecule has 1 heteroatoms.